The third-order valence-corrected chi connectivity index (χ3v) is 5.47. The lowest BCUT2D eigenvalue weighted by molar-refractivity contribution is 0.0474. The molecule has 5 aromatic rings. The molecule has 0 radical (unpaired) electrons. The van der Waals surface area contributed by atoms with Gasteiger partial charge in [0.15, 0.2) is 0 Å². The molecule has 0 bridgehead atoms. The highest BCUT2D eigenvalue weighted by Gasteiger charge is 2.21. The van der Waals surface area contributed by atoms with Gasteiger partial charge in [-0.1, -0.05) is 18.2 Å². The van der Waals surface area contributed by atoms with E-state index in [1.54, 1.807) is 41.2 Å². The van der Waals surface area contributed by atoms with E-state index in [1.807, 2.05) is 30.3 Å². The minimum atomic E-state index is -0.638. The molecule has 0 spiro atoms. The van der Waals surface area contributed by atoms with Crippen molar-refractivity contribution in [3.8, 4) is 22.7 Å². The molecule has 0 atom stereocenters. The highest BCUT2D eigenvalue weighted by molar-refractivity contribution is 5.96. The lowest BCUT2D eigenvalue weighted by Crippen LogP contribution is -2.08. The molecule has 2 aromatic heterocycles. The fraction of sp³-hybridized carbons (Fsp3) is 0.0741. The smallest absolute Gasteiger partial charge is 0.342 e. The summed E-state index contributed by atoms with van der Waals surface area (Å²) in [6, 6.07) is 21.3. The number of rotatable bonds is 6. The van der Waals surface area contributed by atoms with Gasteiger partial charge in [-0.05, 0) is 48.5 Å². The Morgan fingerprint density at radius 1 is 1.03 bits per heavy atom. The molecule has 7 nitrogen and oxygen atoms in total. The number of aromatic nitrogens is 2. The van der Waals surface area contributed by atoms with Crippen molar-refractivity contribution in [1.82, 2.24) is 9.78 Å². The monoisotopic (exact) mass is 470 g/mol. The fourth-order valence-electron chi connectivity index (χ4n) is 3.73. The van der Waals surface area contributed by atoms with Gasteiger partial charge in [0.2, 0.25) is 0 Å². The molecule has 0 aliphatic carbocycles. The lowest BCUT2D eigenvalue weighted by atomic mass is 10.1. The third-order valence-electron chi connectivity index (χ3n) is 5.47. The van der Waals surface area contributed by atoms with Crippen LogP contribution in [0.15, 0.2) is 94.3 Å². The number of carbonyl (C=O) groups is 1. The summed E-state index contributed by atoms with van der Waals surface area (Å²) in [6.45, 7) is -0.160. The molecule has 0 saturated heterocycles. The molecule has 0 fully saturated rings. The maximum absolute atomic E-state index is 13.5. The van der Waals surface area contributed by atoms with Crippen molar-refractivity contribution in [3.05, 3.63) is 112 Å². The second-order valence-corrected chi connectivity index (χ2v) is 7.71. The van der Waals surface area contributed by atoms with E-state index in [0.717, 1.165) is 5.69 Å². The molecule has 8 heteroatoms. The van der Waals surface area contributed by atoms with Crippen LogP contribution in [0.1, 0.15) is 15.9 Å². The first-order valence-electron chi connectivity index (χ1n) is 10.7. The summed E-state index contributed by atoms with van der Waals surface area (Å²) >= 11 is 0. The average Bonchev–Trinajstić information content (AvgIpc) is 3.33. The normalized spacial score (nSPS) is 10.9. The van der Waals surface area contributed by atoms with Gasteiger partial charge < -0.3 is 13.9 Å². The molecule has 35 heavy (non-hydrogen) atoms. The Morgan fingerprint density at radius 2 is 1.80 bits per heavy atom. The van der Waals surface area contributed by atoms with Gasteiger partial charge in [0.25, 0.3) is 0 Å². The lowest BCUT2D eigenvalue weighted by Gasteiger charge is -2.08. The van der Waals surface area contributed by atoms with E-state index in [0.29, 0.717) is 33.5 Å². The van der Waals surface area contributed by atoms with E-state index in [9.17, 15) is 14.0 Å². The van der Waals surface area contributed by atoms with Crippen molar-refractivity contribution >= 4 is 16.9 Å². The number of ether oxygens (including phenoxy) is 2. The van der Waals surface area contributed by atoms with Gasteiger partial charge in [0.05, 0.1) is 12.8 Å². The first-order valence-corrected chi connectivity index (χ1v) is 10.7. The van der Waals surface area contributed by atoms with Crippen LogP contribution in [0.2, 0.25) is 0 Å². The number of hydrogen-bond acceptors (Lipinski definition) is 6. The number of methoxy groups -OCH3 is 1. The summed E-state index contributed by atoms with van der Waals surface area (Å²) in [7, 11) is 1.51. The van der Waals surface area contributed by atoms with Gasteiger partial charge in [0.1, 0.15) is 35.0 Å². The van der Waals surface area contributed by atoms with Crippen LogP contribution in [0.3, 0.4) is 0 Å². The van der Waals surface area contributed by atoms with Gasteiger partial charge in [0, 0.05) is 34.8 Å². The van der Waals surface area contributed by atoms with Crippen molar-refractivity contribution in [3.63, 3.8) is 0 Å². The van der Waals surface area contributed by atoms with E-state index in [-0.39, 0.29) is 12.2 Å². The molecular weight excluding hydrogens is 451 g/mol. The second kappa shape index (κ2) is 9.26. The molecule has 0 aliphatic rings. The largest absolute Gasteiger partial charge is 0.497 e. The zero-order valence-electron chi connectivity index (χ0n) is 18.6. The predicted octanol–water partition coefficient (Wildman–Crippen LogP) is 5.15. The summed E-state index contributed by atoms with van der Waals surface area (Å²) in [6.07, 6.45) is 1.57. The van der Waals surface area contributed by atoms with E-state index >= 15 is 0 Å². The van der Waals surface area contributed by atoms with E-state index in [2.05, 4.69) is 5.10 Å². The number of para-hydroxylation sites is 1. The summed E-state index contributed by atoms with van der Waals surface area (Å²) in [5, 5.41) is 5.18. The molecule has 2 heterocycles. The average molecular weight is 470 g/mol. The van der Waals surface area contributed by atoms with E-state index < -0.39 is 17.4 Å². The number of halogens is 1. The van der Waals surface area contributed by atoms with Crippen LogP contribution < -0.4 is 10.4 Å². The van der Waals surface area contributed by atoms with Crippen molar-refractivity contribution < 1.29 is 23.1 Å². The summed E-state index contributed by atoms with van der Waals surface area (Å²) in [5.74, 6) is -0.500. The Hall–Kier alpha value is -4.72. The maximum atomic E-state index is 13.5. The van der Waals surface area contributed by atoms with Crippen LogP contribution in [-0.4, -0.2) is 22.9 Å². The van der Waals surface area contributed by atoms with Crippen LogP contribution in [-0.2, 0) is 11.3 Å². The zero-order valence-corrected chi connectivity index (χ0v) is 18.6. The molecule has 0 saturated carbocycles. The van der Waals surface area contributed by atoms with Crippen LogP contribution in [0.25, 0.3) is 27.9 Å². The molecular formula is C27H19FN2O5. The van der Waals surface area contributed by atoms with E-state index in [1.165, 1.54) is 25.3 Å². The fourth-order valence-corrected chi connectivity index (χ4v) is 3.73. The number of hydrogen-bond donors (Lipinski definition) is 0. The van der Waals surface area contributed by atoms with Gasteiger partial charge in [-0.3, -0.25) is 0 Å². The Balaban J connectivity index is 1.49. The Bertz CT molecular complexity index is 1570. The zero-order chi connectivity index (χ0) is 24.4. The highest BCUT2D eigenvalue weighted by Crippen LogP contribution is 2.27. The van der Waals surface area contributed by atoms with Crippen LogP contribution >= 0.6 is 0 Å². The van der Waals surface area contributed by atoms with Crippen molar-refractivity contribution in [2.45, 2.75) is 6.61 Å². The van der Waals surface area contributed by atoms with Crippen LogP contribution in [0, 0.1) is 5.82 Å². The number of benzene rings is 3. The number of esters is 1. The molecule has 3 aromatic carbocycles. The number of fused-ring (bicyclic) bond motifs is 1. The number of nitrogens with zero attached hydrogens (tertiary/aromatic N) is 2. The molecule has 0 N–H and O–H groups in total. The quantitative estimate of drug-likeness (QED) is 0.252. The molecule has 0 aliphatic heterocycles. The molecule has 0 amide bonds. The van der Waals surface area contributed by atoms with Gasteiger partial charge in [-0.2, -0.15) is 5.10 Å². The molecule has 174 valence electrons. The van der Waals surface area contributed by atoms with Crippen LogP contribution in [0.5, 0.6) is 5.75 Å². The minimum Gasteiger partial charge on any atom is -0.497 e. The third kappa shape index (κ3) is 4.54. The highest BCUT2D eigenvalue weighted by atomic mass is 19.1. The minimum absolute atomic E-state index is 0.160. The first-order chi connectivity index (χ1) is 17.0. The molecule has 0 unspecified atom stereocenters. The summed E-state index contributed by atoms with van der Waals surface area (Å²) in [5.41, 5.74) is 2.11. The summed E-state index contributed by atoms with van der Waals surface area (Å²) in [4.78, 5) is 25.2. The first kappa shape index (κ1) is 22.1. The Labute approximate surface area is 199 Å². The standard InChI is InChI=1S/C27H19FN2O5/c1-33-21-11-12-22-18(13-25(31)35-24(22)14-21)16-34-27(32)23-15-30(20-5-3-2-4-6-20)29-26(23)17-7-9-19(28)10-8-17/h2-15H,16H2,1H3. The Morgan fingerprint density at radius 3 is 2.54 bits per heavy atom. The second-order valence-electron chi connectivity index (χ2n) is 7.71. The van der Waals surface area contributed by atoms with Crippen molar-refractivity contribution in [2.24, 2.45) is 0 Å². The van der Waals surface area contributed by atoms with Crippen molar-refractivity contribution in [2.75, 3.05) is 7.11 Å². The SMILES string of the molecule is COc1ccc2c(COC(=O)c3cn(-c4ccccc4)nc3-c3ccc(F)cc3)cc(=O)oc2c1. The number of carbonyl (C=O) groups excluding carboxylic acids is 1. The summed E-state index contributed by atoms with van der Waals surface area (Å²) < 4.78 is 31.1. The topological polar surface area (TPSA) is 83.6 Å². The predicted molar refractivity (Wildman–Crippen MR) is 127 cm³/mol. The maximum Gasteiger partial charge on any atom is 0.342 e. The van der Waals surface area contributed by atoms with Gasteiger partial charge in [-0.25, -0.2) is 18.7 Å². The van der Waals surface area contributed by atoms with Crippen molar-refractivity contribution in [1.29, 1.82) is 0 Å². The molecule has 5 rings (SSSR count). The van der Waals surface area contributed by atoms with Crippen LogP contribution in [0.4, 0.5) is 4.39 Å². The van der Waals surface area contributed by atoms with Gasteiger partial charge in [-0.15, -0.1) is 0 Å². The van der Waals surface area contributed by atoms with Gasteiger partial charge >= 0.3 is 11.6 Å². The van der Waals surface area contributed by atoms with E-state index in [4.69, 9.17) is 13.9 Å². The Kier molecular flexibility index (Phi) is 5.85.